The van der Waals surface area contributed by atoms with E-state index < -0.39 is 0 Å². The molecule has 0 heterocycles. The van der Waals surface area contributed by atoms with Crippen molar-refractivity contribution in [3.05, 3.63) is 23.8 Å². The molecular weight excluding hydrogens is 230 g/mol. The van der Waals surface area contributed by atoms with E-state index in [1.165, 1.54) is 12.8 Å². The number of carbonyl (C=O) groups excluding carboxylic acids is 1. The molecular formula is C14H17NO3. The van der Waals surface area contributed by atoms with Gasteiger partial charge in [0.05, 0.1) is 19.4 Å². The first kappa shape index (κ1) is 12.6. The molecule has 1 N–H and O–H groups in total. The molecule has 1 aromatic carbocycles. The van der Waals surface area contributed by atoms with Crippen LogP contribution in [-0.2, 0) is 0 Å². The topological polar surface area (TPSA) is 59.4 Å². The quantitative estimate of drug-likeness (QED) is 0.643. The van der Waals surface area contributed by atoms with Gasteiger partial charge in [-0.1, -0.05) is 0 Å². The lowest BCUT2D eigenvalue weighted by atomic mass is 10.1. The van der Waals surface area contributed by atoms with Gasteiger partial charge >= 0.3 is 0 Å². The van der Waals surface area contributed by atoms with E-state index in [0.717, 1.165) is 19.1 Å². The molecule has 4 nitrogen and oxygen atoms in total. The Labute approximate surface area is 106 Å². The second kappa shape index (κ2) is 5.67. The molecule has 2 rings (SSSR count). The van der Waals surface area contributed by atoms with Gasteiger partial charge in [0.25, 0.3) is 0 Å². The van der Waals surface area contributed by atoms with E-state index in [1.54, 1.807) is 25.3 Å². The Bertz CT molecular complexity index is 450. The van der Waals surface area contributed by atoms with Crippen LogP contribution in [0, 0.1) is 5.41 Å². The van der Waals surface area contributed by atoms with E-state index in [1.807, 2.05) is 0 Å². The largest absolute Gasteiger partial charge is 0.493 e. The first-order valence-corrected chi connectivity index (χ1v) is 6.14. The number of rotatable bonds is 5. The third-order valence-electron chi connectivity index (χ3n) is 3.18. The lowest BCUT2D eigenvalue weighted by molar-refractivity contribution is 0.106. The molecule has 0 amide bonds. The van der Waals surface area contributed by atoms with Crippen LogP contribution >= 0.6 is 0 Å². The number of ketones is 1. The predicted molar refractivity (Wildman–Crippen MR) is 69.0 cm³/mol. The van der Waals surface area contributed by atoms with Crippen molar-refractivity contribution in [3.63, 3.8) is 0 Å². The SMILES string of the molecule is COc1ccc(C(=O)C=N)cc1OC1CCCC1. The van der Waals surface area contributed by atoms with Crippen molar-refractivity contribution < 1.29 is 14.3 Å². The Morgan fingerprint density at radius 1 is 1.33 bits per heavy atom. The Hall–Kier alpha value is -1.84. The summed E-state index contributed by atoms with van der Waals surface area (Å²) in [6.45, 7) is 0. The summed E-state index contributed by atoms with van der Waals surface area (Å²) in [7, 11) is 1.58. The molecule has 0 aromatic heterocycles. The molecule has 1 aromatic rings. The number of methoxy groups -OCH3 is 1. The van der Waals surface area contributed by atoms with Crippen molar-refractivity contribution in [1.82, 2.24) is 0 Å². The van der Waals surface area contributed by atoms with Gasteiger partial charge in [-0.25, -0.2) is 0 Å². The zero-order valence-electron chi connectivity index (χ0n) is 10.4. The van der Waals surface area contributed by atoms with E-state index in [2.05, 4.69) is 0 Å². The van der Waals surface area contributed by atoms with Gasteiger partial charge in [-0.2, -0.15) is 0 Å². The average molecular weight is 247 g/mol. The molecule has 0 aliphatic heterocycles. The minimum absolute atomic E-state index is 0.212. The summed E-state index contributed by atoms with van der Waals surface area (Å²) in [5.41, 5.74) is 0.457. The normalized spacial score (nSPS) is 15.4. The number of Topliss-reactive ketones (excluding diaryl/α,β-unsaturated/α-hetero) is 1. The van der Waals surface area contributed by atoms with Crippen LogP contribution in [0.4, 0.5) is 0 Å². The highest BCUT2D eigenvalue weighted by molar-refractivity contribution is 6.34. The van der Waals surface area contributed by atoms with Crippen LogP contribution in [0.15, 0.2) is 18.2 Å². The summed E-state index contributed by atoms with van der Waals surface area (Å²) in [6, 6.07) is 5.01. The number of benzene rings is 1. The fourth-order valence-electron chi connectivity index (χ4n) is 2.19. The summed E-state index contributed by atoms with van der Waals surface area (Å²) in [4.78, 5) is 11.5. The first-order valence-electron chi connectivity index (χ1n) is 6.14. The van der Waals surface area contributed by atoms with Crippen molar-refractivity contribution in [2.24, 2.45) is 0 Å². The van der Waals surface area contributed by atoms with E-state index >= 15 is 0 Å². The third-order valence-corrected chi connectivity index (χ3v) is 3.18. The Kier molecular flexibility index (Phi) is 3.97. The molecule has 1 aliphatic rings. The predicted octanol–water partition coefficient (Wildman–Crippen LogP) is 2.85. The zero-order chi connectivity index (χ0) is 13.0. The van der Waals surface area contributed by atoms with Gasteiger partial charge in [-0.3, -0.25) is 4.79 Å². The van der Waals surface area contributed by atoms with Crippen molar-refractivity contribution in [3.8, 4) is 11.5 Å². The fourth-order valence-corrected chi connectivity index (χ4v) is 2.19. The van der Waals surface area contributed by atoms with Crippen molar-refractivity contribution in [1.29, 1.82) is 5.41 Å². The first-order chi connectivity index (χ1) is 8.74. The minimum atomic E-state index is -0.325. The van der Waals surface area contributed by atoms with Gasteiger partial charge in [0.2, 0.25) is 5.78 Å². The number of nitrogens with one attached hydrogen (secondary N) is 1. The maximum absolute atomic E-state index is 11.5. The van der Waals surface area contributed by atoms with Gasteiger partial charge < -0.3 is 14.9 Å². The van der Waals surface area contributed by atoms with Crippen LogP contribution in [0.3, 0.4) is 0 Å². The molecule has 0 unspecified atom stereocenters. The van der Waals surface area contributed by atoms with Gasteiger partial charge in [0.15, 0.2) is 11.5 Å². The summed E-state index contributed by atoms with van der Waals surface area (Å²) in [5, 5.41) is 6.99. The second-order valence-electron chi connectivity index (χ2n) is 4.40. The van der Waals surface area contributed by atoms with Crippen LogP contribution < -0.4 is 9.47 Å². The van der Waals surface area contributed by atoms with Crippen LogP contribution in [0.25, 0.3) is 0 Å². The van der Waals surface area contributed by atoms with Gasteiger partial charge in [0, 0.05) is 5.56 Å². The highest BCUT2D eigenvalue weighted by atomic mass is 16.5. The zero-order valence-corrected chi connectivity index (χ0v) is 10.4. The maximum Gasteiger partial charge on any atom is 0.203 e. The fraction of sp³-hybridized carbons (Fsp3) is 0.429. The van der Waals surface area contributed by atoms with Crippen LogP contribution in [0.2, 0.25) is 0 Å². The molecule has 96 valence electrons. The second-order valence-corrected chi connectivity index (χ2v) is 4.40. The van der Waals surface area contributed by atoms with Gasteiger partial charge in [-0.05, 0) is 43.9 Å². The van der Waals surface area contributed by atoms with Crippen molar-refractivity contribution in [2.75, 3.05) is 7.11 Å². The average Bonchev–Trinajstić information content (AvgIpc) is 2.90. The van der Waals surface area contributed by atoms with Crippen LogP contribution in [0.5, 0.6) is 11.5 Å². The molecule has 1 saturated carbocycles. The molecule has 18 heavy (non-hydrogen) atoms. The molecule has 0 saturated heterocycles. The molecule has 1 aliphatic carbocycles. The molecule has 0 radical (unpaired) electrons. The number of carbonyl (C=O) groups is 1. The summed E-state index contributed by atoms with van der Waals surface area (Å²) >= 11 is 0. The van der Waals surface area contributed by atoms with E-state index in [-0.39, 0.29) is 11.9 Å². The molecule has 4 heteroatoms. The molecule has 0 spiro atoms. The maximum atomic E-state index is 11.5. The van der Waals surface area contributed by atoms with Crippen LogP contribution in [0.1, 0.15) is 36.0 Å². The summed E-state index contributed by atoms with van der Waals surface area (Å²) in [5.74, 6) is 0.898. The van der Waals surface area contributed by atoms with Crippen LogP contribution in [-0.4, -0.2) is 25.2 Å². The lowest BCUT2D eigenvalue weighted by Gasteiger charge is -2.16. The van der Waals surface area contributed by atoms with Crippen molar-refractivity contribution >= 4 is 12.0 Å². The summed E-state index contributed by atoms with van der Waals surface area (Å²) in [6.07, 6.45) is 5.49. The molecule has 0 bridgehead atoms. The van der Waals surface area contributed by atoms with E-state index in [0.29, 0.717) is 17.1 Å². The van der Waals surface area contributed by atoms with E-state index in [4.69, 9.17) is 14.9 Å². The number of hydrogen-bond acceptors (Lipinski definition) is 4. The highest BCUT2D eigenvalue weighted by Gasteiger charge is 2.19. The van der Waals surface area contributed by atoms with E-state index in [9.17, 15) is 4.79 Å². The van der Waals surface area contributed by atoms with Gasteiger partial charge in [0.1, 0.15) is 0 Å². The number of hydrogen-bond donors (Lipinski definition) is 1. The smallest absolute Gasteiger partial charge is 0.203 e. The Morgan fingerprint density at radius 3 is 2.67 bits per heavy atom. The minimum Gasteiger partial charge on any atom is -0.493 e. The highest BCUT2D eigenvalue weighted by Crippen LogP contribution is 2.32. The van der Waals surface area contributed by atoms with Crippen molar-refractivity contribution in [2.45, 2.75) is 31.8 Å². The molecule has 0 atom stereocenters. The Morgan fingerprint density at radius 2 is 2.06 bits per heavy atom. The Balaban J connectivity index is 2.23. The molecule has 1 fully saturated rings. The van der Waals surface area contributed by atoms with Gasteiger partial charge in [-0.15, -0.1) is 0 Å². The number of ether oxygens (including phenoxy) is 2. The lowest BCUT2D eigenvalue weighted by Crippen LogP contribution is -2.12. The summed E-state index contributed by atoms with van der Waals surface area (Å²) < 4.78 is 11.1. The monoisotopic (exact) mass is 247 g/mol. The standard InChI is InChI=1S/C14H17NO3/c1-17-13-7-6-10(12(16)9-15)8-14(13)18-11-4-2-3-5-11/h6-9,11,15H,2-5H2,1H3. The third kappa shape index (κ3) is 2.70.